The van der Waals surface area contributed by atoms with Gasteiger partial charge in [-0.25, -0.2) is 0 Å². The number of benzene rings is 2. The number of thiocarbonyl (C=S) groups is 2. The molecule has 105 heavy (non-hydrogen) atoms. The minimum atomic E-state index is -0.313. The van der Waals surface area contributed by atoms with Gasteiger partial charge in [-0.05, 0) is 323 Å². The van der Waals surface area contributed by atoms with E-state index < -0.39 is 0 Å². The van der Waals surface area contributed by atoms with E-state index in [1.165, 1.54) is 176 Å². The van der Waals surface area contributed by atoms with E-state index in [1.807, 2.05) is 39.8 Å². The molecule has 9 aliphatic rings. The van der Waals surface area contributed by atoms with Crippen LogP contribution < -0.4 is 0 Å². The van der Waals surface area contributed by atoms with Crippen LogP contribution in [0.1, 0.15) is 285 Å². The smallest absolute Gasteiger partial charge is 0.265 e. The number of hydrogen-bond donors (Lipinski definition) is 0. The zero-order valence-corrected chi connectivity index (χ0v) is 68.7. The molecule has 3 unspecified atom stereocenters. The molecule has 7 aliphatic carbocycles. The molecule has 0 radical (unpaired) electrons. The van der Waals surface area contributed by atoms with Crippen LogP contribution in [0, 0.1) is 23.2 Å². The second-order valence-corrected chi connectivity index (χ2v) is 37.3. The van der Waals surface area contributed by atoms with Crippen molar-refractivity contribution in [2.75, 3.05) is 26.2 Å². The summed E-state index contributed by atoms with van der Waals surface area (Å²) in [6.45, 7) is 28.7. The van der Waals surface area contributed by atoms with Gasteiger partial charge in [0.1, 0.15) is 11.1 Å². The average Bonchev–Trinajstić information content (AvgIpc) is 1.59. The Morgan fingerprint density at radius 2 is 0.933 bits per heavy atom. The molecule has 14 heteroatoms. The molecular formula is C91H120N6O4S4. The number of nitrogens with zero attached hydrogens (tertiary/aromatic N) is 6. The molecule has 13 rings (SSSR count). The van der Waals surface area contributed by atoms with Crippen molar-refractivity contribution in [1.82, 2.24) is 29.4 Å². The number of amides is 4. The first-order valence-corrected chi connectivity index (χ1v) is 43.5. The Hall–Kier alpha value is -5.74. The summed E-state index contributed by atoms with van der Waals surface area (Å²) in [5.74, 6) is 1.38. The largest absolute Gasteiger partial charge is 0.294 e. The van der Waals surface area contributed by atoms with Crippen molar-refractivity contribution in [3.05, 3.63) is 149 Å². The normalized spacial score (nSPS) is 28.2. The molecule has 0 bridgehead atoms. The van der Waals surface area contributed by atoms with Crippen molar-refractivity contribution >= 4 is 105 Å². The second-order valence-electron chi connectivity index (χ2n) is 34.3. The van der Waals surface area contributed by atoms with Crippen molar-refractivity contribution in [1.29, 1.82) is 0 Å². The maximum absolute atomic E-state index is 13.5. The molecule has 0 N–H and O–H groups in total. The molecule has 562 valence electrons. The Labute approximate surface area is 649 Å². The predicted octanol–water partition coefficient (Wildman–Crippen LogP) is 21.7. The van der Waals surface area contributed by atoms with Gasteiger partial charge < -0.3 is 0 Å². The zero-order chi connectivity index (χ0) is 74.2. The van der Waals surface area contributed by atoms with Crippen molar-refractivity contribution in [2.24, 2.45) is 23.2 Å². The van der Waals surface area contributed by atoms with Crippen LogP contribution in [-0.4, -0.2) is 126 Å². The first-order valence-electron chi connectivity index (χ1n) is 41.0. The van der Waals surface area contributed by atoms with E-state index in [0.717, 1.165) is 51.1 Å². The first kappa shape index (κ1) is 77.4. The SMILES string of the molecule is CCN1C(=O)C(=Cc2ccc(C=CC3=CCC(N(C4CC=C(C5CCC(N(C6CCC(C=Cc7ccc(C=C8C(=O)N(CC)C(=S)N(CC)C8=O)s7)CC6)C6CCC(c7ccc8c(c7)C(C)(CC)c7cc(C(C)(C)CC)ccc7-8)CC6)CC5)CC4)C4CCC(C(C)(C)C)CC4)CC3)s2)C(=O)N(CC)C1=S. The summed E-state index contributed by atoms with van der Waals surface area (Å²) in [5.41, 5.74) is 13.1. The molecule has 2 aliphatic heterocycles. The van der Waals surface area contributed by atoms with E-state index >= 15 is 0 Å². The van der Waals surface area contributed by atoms with Gasteiger partial charge in [0.15, 0.2) is 10.2 Å². The first-order chi connectivity index (χ1) is 50.5. The molecule has 2 aromatic carbocycles. The van der Waals surface area contributed by atoms with Crippen LogP contribution in [0.4, 0.5) is 0 Å². The molecule has 10 nitrogen and oxygen atoms in total. The summed E-state index contributed by atoms with van der Waals surface area (Å²) in [7, 11) is 0. The summed E-state index contributed by atoms with van der Waals surface area (Å²) in [6.07, 6.45) is 48.0. The fourth-order valence-corrected chi connectivity index (χ4v) is 22.8. The number of thiophene rings is 2. The maximum atomic E-state index is 13.5. The highest BCUT2D eigenvalue weighted by molar-refractivity contribution is 7.80. The quantitative estimate of drug-likeness (QED) is 0.0353. The second kappa shape index (κ2) is 32.8. The van der Waals surface area contributed by atoms with Crippen LogP contribution >= 0.6 is 47.1 Å². The van der Waals surface area contributed by atoms with E-state index in [0.29, 0.717) is 95.8 Å². The highest BCUT2D eigenvalue weighted by atomic mass is 32.1. The summed E-state index contributed by atoms with van der Waals surface area (Å²) in [5, 5.41) is 0.586. The number of rotatable bonds is 21. The van der Waals surface area contributed by atoms with Crippen LogP contribution in [0.3, 0.4) is 0 Å². The van der Waals surface area contributed by atoms with E-state index in [-0.39, 0.29) is 45.6 Å². The van der Waals surface area contributed by atoms with Crippen molar-refractivity contribution in [3.63, 3.8) is 0 Å². The number of likely N-dealkylation sites (N-methyl/N-ethyl adjacent to an activating group) is 4. The summed E-state index contributed by atoms with van der Waals surface area (Å²) < 4.78 is 0. The van der Waals surface area contributed by atoms with Gasteiger partial charge in [-0.1, -0.05) is 127 Å². The third-order valence-electron chi connectivity index (χ3n) is 27.3. The topological polar surface area (TPSA) is 87.7 Å². The number of carbonyl (C=O) groups is 4. The lowest BCUT2D eigenvalue weighted by Crippen LogP contribution is -2.55. The Kier molecular flexibility index (Phi) is 24.2. The maximum Gasteiger partial charge on any atom is 0.265 e. The number of carbonyl (C=O) groups excluding carboxylic acids is 4. The Morgan fingerprint density at radius 1 is 0.486 bits per heavy atom. The van der Waals surface area contributed by atoms with E-state index in [4.69, 9.17) is 24.4 Å². The highest BCUT2D eigenvalue weighted by Gasteiger charge is 2.45. The van der Waals surface area contributed by atoms with Crippen LogP contribution in [-0.2, 0) is 30.0 Å². The van der Waals surface area contributed by atoms with Crippen molar-refractivity contribution in [3.8, 4) is 11.1 Å². The molecule has 2 aromatic heterocycles. The van der Waals surface area contributed by atoms with Crippen LogP contribution in [0.5, 0.6) is 0 Å². The molecule has 4 amide bonds. The van der Waals surface area contributed by atoms with E-state index in [9.17, 15) is 19.2 Å². The highest BCUT2D eigenvalue weighted by Crippen LogP contribution is 2.54. The Morgan fingerprint density at radius 3 is 1.40 bits per heavy atom. The Bertz CT molecular complexity index is 4030. The molecule has 0 spiro atoms. The third kappa shape index (κ3) is 16.0. The van der Waals surface area contributed by atoms with Gasteiger partial charge in [-0.2, -0.15) is 0 Å². The molecular weight excluding hydrogens is 1370 g/mol. The number of hydrogen-bond acceptors (Lipinski definition) is 10. The summed E-state index contributed by atoms with van der Waals surface area (Å²) in [6, 6.07) is 27.1. The number of allylic oxidation sites excluding steroid dienone is 4. The fraction of sp³-hybridized carbons (Fsp3) is 0.582. The zero-order valence-electron chi connectivity index (χ0n) is 65.4. The van der Waals surface area contributed by atoms with Gasteiger partial charge in [0.2, 0.25) is 0 Å². The molecule has 4 heterocycles. The van der Waals surface area contributed by atoms with Crippen LogP contribution in [0.25, 0.3) is 35.4 Å². The fourth-order valence-electron chi connectivity index (χ4n) is 20.3. The number of fused-ring (bicyclic) bond motifs is 3. The van der Waals surface area contributed by atoms with Crippen LogP contribution in [0.2, 0.25) is 0 Å². The van der Waals surface area contributed by atoms with Crippen molar-refractivity contribution < 1.29 is 19.2 Å². The molecule has 4 saturated carbocycles. The minimum Gasteiger partial charge on any atom is -0.294 e. The van der Waals surface area contributed by atoms with E-state index in [2.05, 4.69) is 150 Å². The van der Waals surface area contributed by atoms with Crippen LogP contribution in [0.15, 0.2) is 107 Å². The summed E-state index contributed by atoms with van der Waals surface area (Å²) >= 11 is 14.3. The van der Waals surface area contributed by atoms with Gasteiger partial charge in [0.05, 0.1) is 0 Å². The molecule has 2 saturated heterocycles. The average molecular weight is 1490 g/mol. The lowest BCUT2D eigenvalue weighted by Gasteiger charge is -2.50. The van der Waals surface area contributed by atoms with E-state index in [1.54, 1.807) is 51.5 Å². The molecule has 4 aromatic rings. The predicted molar refractivity (Wildman–Crippen MR) is 446 cm³/mol. The third-order valence-corrected chi connectivity index (χ3v) is 30.2. The van der Waals surface area contributed by atoms with Gasteiger partial charge in [0.25, 0.3) is 23.6 Å². The Balaban J connectivity index is 0.678. The molecule has 3 atom stereocenters. The standard InChI is InChI=1S/C91H120N6O4S4/c1-13-90(10,11)66-34-54-78-77-53-31-64(55-81(77)91(12,14-2)82(78)56-66)63-29-43-71(44-30-63)96(67-35-19-59(20-36-67)23-47-73-49-51-75(104-73)57-79-83(98)92(15-3)87(102)93(16-4)84(79)99)69-39-25-61(26-40-69)62-27-41-70(42-28-62)97(72-45-32-65(33-46-72)89(7,8)9)68-37-21-60(22-38-68)24-48-74-50-52-76(105-74)58-80-85(100)94(17-5)88(103)95(18-6)86(80)101/h21,23-24,27,31,34,47-59,61,63,65,67-72H,13-20,22,25-26,28-30,32-33,35-46H2,1-12H3. The monoisotopic (exact) mass is 1490 g/mol. The van der Waals surface area contributed by atoms with Gasteiger partial charge in [0, 0.05) is 87.4 Å². The minimum absolute atomic E-state index is 0.0163. The van der Waals surface area contributed by atoms with Gasteiger partial charge >= 0.3 is 0 Å². The lowest BCUT2D eigenvalue weighted by molar-refractivity contribution is -0.135. The van der Waals surface area contributed by atoms with Crippen molar-refractivity contribution in [2.45, 2.75) is 290 Å². The molecule has 6 fully saturated rings. The van der Waals surface area contributed by atoms with Gasteiger partial charge in [-0.3, -0.25) is 48.6 Å². The summed E-state index contributed by atoms with van der Waals surface area (Å²) in [4.78, 5) is 70.2. The van der Waals surface area contributed by atoms with Gasteiger partial charge in [-0.15, -0.1) is 22.7 Å². The lowest BCUT2D eigenvalue weighted by atomic mass is 9.70.